The fourth-order valence-corrected chi connectivity index (χ4v) is 4.01. The molecule has 2 N–H and O–H groups in total. The van der Waals surface area contributed by atoms with Gasteiger partial charge in [-0.2, -0.15) is 0 Å². The van der Waals surface area contributed by atoms with Crippen LogP contribution in [0.3, 0.4) is 0 Å². The second-order valence-corrected chi connectivity index (χ2v) is 7.34. The lowest BCUT2D eigenvalue weighted by Crippen LogP contribution is -2.43. The number of benzene rings is 2. The Balaban J connectivity index is 1.71. The van der Waals surface area contributed by atoms with Gasteiger partial charge in [0.15, 0.2) is 0 Å². The molecule has 154 valence electrons. The number of carbonyl (C=O) groups excluding carboxylic acids is 3. The highest BCUT2D eigenvalue weighted by molar-refractivity contribution is 5.93. The molecular formula is C22H22N4O4. The summed E-state index contributed by atoms with van der Waals surface area (Å²) in [5, 5.41) is 9.95. The summed E-state index contributed by atoms with van der Waals surface area (Å²) in [5.74, 6) is -0.557. The quantitative estimate of drug-likeness (QED) is 0.395. The van der Waals surface area contributed by atoms with Gasteiger partial charge >= 0.3 is 6.03 Å². The lowest BCUT2D eigenvalue weighted by Gasteiger charge is -2.30. The Bertz CT molecular complexity index is 1120. The molecule has 30 heavy (non-hydrogen) atoms. The zero-order valence-corrected chi connectivity index (χ0v) is 16.5. The van der Waals surface area contributed by atoms with Crippen molar-refractivity contribution < 1.29 is 19.6 Å². The van der Waals surface area contributed by atoms with Crippen LogP contribution >= 0.6 is 0 Å². The molecule has 4 amide bonds. The first kappa shape index (κ1) is 19.7. The van der Waals surface area contributed by atoms with E-state index in [-0.39, 0.29) is 6.03 Å². The van der Waals surface area contributed by atoms with Crippen LogP contribution in [0.25, 0.3) is 10.9 Å². The fourth-order valence-electron chi connectivity index (χ4n) is 4.01. The van der Waals surface area contributed by atoms with Gasteiger partial charge in [-0.05, 0) is 35.7 Å². The molecule has 2 heterocycles. The van der Waals surface area contributed by atoms with Gasteiger partial charge in [-0.3, -0.25) is 19.7 Å². The van der Waals surface area contributed by atoms with Crippen LogP contribution in [0.1, 0.15) is 27.2 Å². The monoisotopic (exact) mass is 406 g/mol. The van der Waals surface area contributed by atoms with E-state index in [4.69, 9.17) is 5.21 Å². The third-order valence-corrected chi connectivity index (χ3v) is 5.56. The molecular weight excluding hydrogens is 384 g/mol. The van der Waals surface area contributed by atoms with Crippen molar-refractivity contribution in [1.29, 1.82) is 0 Å². The number of hydroxylamine groups is 1. The van der Waals surface area contributed by atoms with Crippen molar-refractivity contribution >= 4 is 29.3 Å². The SMILES string of the molecule is CN(C=O)C(=O)N1CCc2c(n(Cc3ccc(C(=O)NO)cc3)c3ccccc23)C1. The fraction of sp³-hybridized carbons (Fsp3) is 0.227. The molecule has 0 aliphatic carbocycles. The zero-order chi connectivity index (χ0) is 21.3. The van der Waals surface area contributed by atoms with Crippen LogP contribution in [0.15, 0.2) is 48.5 Å². The molecule has 0 unspecified atom stereocenters. The smallest absolute Gasteiger partial charge is 0.326 e. The van der Waals surface area contributed by atoms with Crippen LogP contribution in [0.5, 0.6) is 0 Å². The van der Waals surface area contributed by atoms with E-state index < -0.39 is 5.91 Å². The number of aromatic nitrogens is 1. The normalized spacial score (nSPS) is 13.1. The Morgan fingerprint density at radius 1 is 1.17 bits per heavy atom. The Hall–Kier alpha value is -3.65. The molecule has 0 spiro atoms. The molecule has 0 fully saturated rings. The summed E-state index contributed by atoms with van der Waals surface area (Å²) in [4.78, 5) is 37.8. The molecule has 3 aromatic rings. The molecule has 2 aromatic carbocycles. The molecule has 0 atom stereocenters. The number of nitrogens with one attached hydrogen (secondary N) is 1. The minimum Gasteiger partial charge on any atom is -0.338 e. The van der Waals surface area contributed by atoms with E-state index in [9.17, 15) is 14.4 Å². The zero-order valence-electron chi connectivity index (χ0n) is 16.5. The van der Waals surface area contributed by atoms with Gasteiger partial charge in [0.05, 0.1) is 6.54 Å². The van der Waals surface area contributed by atoms with Gasteiger partial charge in [0.25, 0.3) is 5.91 Å². The average molecular weight is 406 g/mol. The van der Waals surface area contributed by atoms with Crippen molar-refractivity contribution in [2.75, 3.05) is 13.6 Å². The summed E-state index contributed by atoms with van der Waals surface area (Å²) in [6.07, 6.45) is 1.24. The highest BCUT2D eigenvalue weighted by atomic mass is 16.5. The van der Waals surface area contributed by atoms with Gasteiger partial charge in [-0.15, -0.1) is 0 Å². The van der Waals surface area contributed by atoms with E-state index in [0.29, 0.717) is 31.6 Å². The number of hydrogen-bond acceptors (Lipinski definition) is 4. The molecule has 0 radical (unpaired) electrons. The van der Waals surface area contributed by atoms with Crippen molar-refractivity contribution in [2.45, 2.75) is 19.5 Å². The minimum absolute atomic E-state index is 0.313. The van der Waals surface area contributed by atoms with Crippen molar-refractivity contribution in [1.82, 2.24) is 19.8 Å². The predicted molar refractivity (Wildman–Crippen MR) is 110 cm³/mol. The van der Waals surface area contributed by atoms with E-state index in [1.54, 1.807) is 22.5 Å². The Kier molecular flexibility index (Phi) is 5.24. The van der Waals surface area contributed by atoms with E-state index in [0.717, 1.165) is 28.1 Å². The summed E-state index contributed by atoms with van der Waals surface area (Å²) in [7, 11) is 1.46. The summed E-state index contributed by atoms with van der Waals surface area (Å²) in [6.45, 7) is 1.55. The van der Waals surface area contributed by atoms with Crippen molar-refractivity contribution in [3.8, 4) is 0 Å². The Morgan fingerprint density at radius 2 is 1.90 bits per heavy atom. The highest BCUT2D eigenvalue weighted by Crippen LogP contribution is 2.31. The summed E-state index contributed by atoms with van der Waals surface area (Å²) < 4.78 is 2.19. The first-order valence-corrected chi connectivity index (χ1v) is 9.63. The topological polar surface area (TPSA) is 94.9 Å². The molecule has 0 saturated carbocycles. The number of carbonyl (C=O) groups is 3. The standard InChI is InChI=1S/C22H22N4O4/c1-24(14-27)22(29)25-11-10-18-17-4-2-3-5-19(17)26(20(18)13-25)12-15-6-8-16(9-7-15)21(28)23-30/h2-9,14,30H,10-13H2,1H3,(H,23,28). The average Bonchev–Trinajstić information content (AvgIpc) is 3.11. The summed E-state index contributed by atoms with van der Waals surface area (Å²) in [6, 6.07) is 14.8. The molecule has 1 aliphatic heterocycles. The summed E-state index contributed by atoms with van der Waals surface area (Å²) in [5.41, 5.74) is 6.34. The lowest BCUT2D eigenvalue weighted by molar-refractivity contribution is -0.115. The van der Waals surface area contributed by atoms with E-state index in [2.05, 4.69) is 16.7 Å². The molecule has 0 bridgehead atoms. The van der Waals surface area contributed by atoms with Crippen LogP contribution in [-0.4, -0.2) is 51.5 Å². The van der Waals surface area contributed by atoms with Crippen LogP contribution in [-0.2, 0) is 24.3 Å². The van der Waals surface area contributed by atoms with Crippen molar-refractivity contribution in [2.24, 2.45) is 0 Å². The largest absolute Gasteiger partial charge is 0.338 e. The number of amides is 4. The van der Waals surface area contributed by atoms with E-state index >= 15 is 0 Å². The van der Waals surface area contributed by atoms with Gasteiger partial charge in [0.1, 0.15) is 0 Å². The lowest BCUT2D eigenvalue weighted by atomic mass is 10.0. The van der Waals surface area contributed by atoms with E-state index in [1.807, 2.05) is 24.3 Å². The second kappa shape index (κ2) is 8.00. The molecule has 1 aromatic heterocycles. The number of rotatable bonds is 4. The molecule has 0 saturated heterocycles. The van der Waals surface area contributed by atoms with Crippen molar-refractivity contribution in [3.63, 3.8) is 0 Å². The number of imide groups is 1. The van der Waals surface area contributed by atoms with Gasteiger partial charge < -0.3 is 9.47 Å². The minimum atomic E-state index is -0.557. The number of nitrogens with zero attached hydrogens (tertiary/aromatic N) is 3. The van der Waals surface area contributed by atoms with Gasteiger partial charge in [-0.1, -0.05) is 30.3 Å². The van der Waals surface area contributed by atoms with Crippen LogP contribution < -0.4 is 5.48 Å². The highest BCUT2D eigenvalue weighted by Gasteiger charge is 2.28. The third-order valence-electron chi connectivity index (χ3n) is 5.56. The number of fused-ring (bicyclic) bond motifs is 3. The van der Waals surface area contributed by atoms with E-state index in [1.165, 1.54) is 18.0 Å². The van der Waals surface area contributed by atoms with Gasteiger partial charge in [-0.25, -0.2) is 10.3 Å². The Morgan fingerprint density at radius 3 is 2.60 bits per heavy atom. The number of para-hydroxylation sites is 1. The van der Waals surface area contributed by atoms with Crippen LogP contribution in [0.2, 0.25) is 0 Å². The maximum Gasteiger partial charge on any atom is 0.326 e. The maximum absolute atomic E-state index is 12.5. The van der Waals surface area contributed by atoms with Gasteiger partial charge in [0, 0.05) is 42.3 Å². The number of urea groups is 1. The van der Waals surface area contributed by atoms with Gasteiger partial charge in [0.2, 0.25) is 6.41 Å². The predicted octanol–water partition coefficient (Wildman–Crippen LogP) is 2.37. The number of hydrogen-bond donors (Lipinski definition) is 2. The first-order valence-electron chi connectivity index (χ1n) is 9.63. The molecule has 1 aliphatic rings. The van der Waals surface area contributed by atoms with Crippen LogP contribution in [0.4, 0.5) is 4.79 Å². The third kappa shape index (κ3) is 3.42. The molecule has 4 rings (SSSR count). The van der Waals surface area contributed by atoms with Crippen LogP contribution in [0, 0.1) is 0 Å². The molecule has 8 nitrogen and oxygen atoms in total. The summed E-state index contributed by atoms with van der Waals surface area (Å²) >= 11 is 0. The second-order valence-electron chi connectivity index (χ2n) is 7.34. The van der Waals surface area contributed by atoms with Crippen molar-refractivity contribution in [3.05, 3.63) is 70.9 Å². The first-order chi connectivity index (χ1) is 14.5. The maximum atomic E-state index is 12.5. The Labute approximate surface area is 173 Å². The molecule has 8 heteroatoms.